The van der Waals surface area contributed by atoms with Crippen LogP contribution in [-0.4, -0.2) is 51.9 Å². The number of quaternary nitrogens is 1. The Kier molecular flexibility index (Phi) is 9.91. The second kappa shape index (κ2) is 10.5. The van der Waals surface area contributed by atoms with Crippen LogP contribution in [0.25, 0.3) is 0 Å². The van der Waals surface area contributed by atoms with Crippen molar-refractivity contribution in [3.05, 3.63) is 23.8 Å². The number of carbonyl (C=O) groups is 1. The van der Waals surface area contributed by atoms with Gasteiger partial charge in [0.25, 0.3) is 0 Å². The molecule has 0 atom stereocenters. The van der Waals surface area contributed by atoms with Gasteiger partial charge in [-0.05, 0) is 19.1 Å². The Morgan fingerprint density at radius 2 is 1.87 bits per heavy atom. The van der Waals surface area contributed by atoms with E-state index in [1.165, 1.54) is 0 Å². The van der Waals surface area contributed by atoms with Crippen molar-refractivity contribution >= 4 is 5.97 Å². The summed E-state index contributed by atoms with van der Waals surface area (Å²) in [6, 6.07) is 5.91. The van der Waals surface area contributed by atoms with Crippen molar-refractivity contribution in [1.29, 1.82) is 0 Å². The fraction of sp³-hybridized carbons (Fsp3) is 0.588. The van der Waals surface area contributed by atoms with E-state index in [2.05, 4.69) is 14.1 Å². The van der Waals surface area contributed by atoms with Crippen molar-refractivity contribution < 1.29 is 40.5 Å². The first-order valence-electron chi connectivity index (χ1n) is 7.61. The fourth-order valence-electron chi connectivity index (χ4n) is 2.50. The molecular weight excluding hydrogens is 362 g/mol. The van der Waals surface area contributed by atoms with Gasteiger partial charge in [0, 0.05) is 6.42 Å². The number of rotatable bonds is 9. The largest absolute Gasteiger partial charge is 1.00 e. The Morgan fingerprint density at radius 3 is 2.43 bits per heavy atom. The maximum absolute atomic E-state index is 11.4. The molecule has 0 spiro atoms. The van der Waals surface area contributed by atoms with E-state index in [9.17, 15) is 4.79 Å². The van der Waals surface area contributed by atoms with Gasteiger partial charge in [-0.1, -0.05) is 6.07 Å². The lowest BCUT2D eigenvalue weighted by atomic mass is 10.1. The number of para-hydroxylation sites is 1. The monoisotopic (exact) mass is 389 g/mol. The third kappa shape index (κ3) is 7.22. The van der Waals surface area contributed by atoms with Gasteiger partial charge < -0.3 is 35.7 Å². The van der Waals surface area contributed by atoms with Crippen LogP contribution in [0.3, 0.4) is 0 Å². The van der Waals surface area contributed by atoms with Crippen LogP contribution < -0.4 is 26.5 Å². The normalized spacial score (nSPS) is 10.7. The summed E-state index contributed by atoms with van der Waals surface area (Å²) < 4.78 is 16.5. The van der Waals surface area contributed by atoms with E-state index in [1.807, 2.05) is 25.1 Å². The summed E-state index contributed by atoms with van der Waals surface area (Å²) in [5, 5.41) is 0. The van der Waals surface area contributed by atoms with Gasteiger partial charge >= 0.3 is 5.97 Å². The quantitative estimate of drug-likeness (QED) is 0.426. The predicted molar refractivity (Wildman–Crippen MR) is 86.1 cm³/mol. The van der Waals surface area contributed by atoms with E-state index in [1.54, 1.807) is 14.2 Å². The molecular formula is C17H28BrNO4. The first-order chi connectivity index (χ1) is 10.4. The van der Waals surface area contributed by atoms with Gasteiger partial charge in [0.15, 0.2) is 11.5 Å². The average Bonchev–Trinajstić information content (AvgIpc) is 2.46. The molecule has 0 unspecified atom stereocenters. The van der Waals surface area contributed by atoms with Crippen molar-refractivity contribution in [3.8, 4) is 11.5 Å². The van der Waals surface area contributed by atoms with E-state index in [0.717, 1.165) is 41.1 Å². The summed E-state index contributed by atoms with van der Waals surface area (Å²) in [6.07, 6.45) is 1.27. The third-order valence-corrected chi connectivity index (χ3v) is 3.53. The molecule has 23 heavy (non-hydrogen) atoms. The van der Waals surface area contributed by atoms with E-state index in [-0.39, 0.29) is 23.0 Å². The summed E-state index contributed by atoms with van der Waals surface area (Å²) in [6.45, 7) is 3.97. The molecule has 1 rings (SSSR count). The highest BCUT2D eigenvalue weighted by Crippen LogP contribution is 2.32. The number of hydrogen-bond donors (Lipinski definition) is 0. The van der Waals surface area contributed by atoms with Crippen LogP contribution in [-0.2, 0) is 16.1 Å². The zero-order valence-electron chi connectivity index (χ0n) is 14.7. The second-order valence-electron chi connectivity index (χ2n) is 5.88. The summed E-state index contributed by atoms with van der Waals surface area (Å²) in [4.78, 5) is 11.4. The van der Waals surface area contributed by atoms with Gasteiger partial charge in [-0.25, -0.2) is 0 Å². The number of halogens is 1. The van der Waals surface area contributed by atoms with Crippen LogP contribution in [0.15, 0.2) is 18.2 Å². The summed E-state index contributed by atoms with van der Waals surface area (Å²) in [7, 11) is 7.58. The van der Waals surface area contributed by atoms with E-state index in [4.69, 9.17) is 14.2 Å². The molecule has 1 aromatic rings. The molecule has 0 aliphatic carbocycles. The lowest BCUT2D eigenvalue weighted by molar-refractivity contribution is -0.903. The van der Waals surface area contributed by atoms with Crippen molar-refractivity contribution in [2.24, 2.45) is 0 Å². The van der Waals surface area contributed by atoms with E-state index in [0.29, 0.717) is 13.0 Å². The van der Waals surface area contributed by atoms with Crippen molar-refractivity contribution in [1.82, 2.24) is 0 Å². The number of methoxy groups -OCH3 is 2. The van der Waals surface area contributed by atoms with Crippen LogP contribution >= 0.6 is 0 Å². The van der Waals surface area contributed by atoms with Crippen LogP contribution in [0.2, 0.25) is 0 Å². The maximum atomic E-state index is 11.4. The second-order valence-corrected chi connectivity index (χ2v) is 5.88. The molecule has 0 saturated heterocycles. The highest BCUT2D eigenvalue weighted by atomic mass is 79.9. The number of hydrogen-bond acceptors (Lipinski definition) is 4. The standard InChI is InChI=1S/C17H28NO4.BrH/c1-6-22-16(19)11-8-12-18(2,3)13-14-9-7-10-15(20-4)17(14)21-5;/h7,9-10H,6,8,11-13H2,1-5H3;1H/q+1;/p-1. The molecule has 0 bridgehead atoms. The Bertz CT molecular complexity index is 491. The number of ether oxygens (including phenoxy) is 3. The Hall–Kier alpha value is -1.27. The lowest BCUT2D eigenvalue weighted by Crippen LogP contribution is -3.00. The first kappa shape index (κ1) is 21.7. The number of benzene rings is 1. The number of esters is 1. The molecule has 0 saturated carbocycles. The van der Waals surface area contributed by atoms with Crippen molar-refractivity contribution in [2.75, 3.05) is 41.5 Å². The average molecular weight is 390 g/mol. The third-order valence-electron chi connectivity index (χ3n) is 3.53. The molecule has 0 aliphatic heterocycles. The molecule has 0 fully saturated rings. The molecule has 0 aromatic heterocycles. The van der Waals surface area contributed by atoms with Crippen LogP contribution in [0.5, 0.6) is 11.5 Å². The highest BCUT2D eigenvalue weighted by Gasteiger charge is 2.20. The number of carbonyl (C=O) groups excluding carboxylic acids is 1. The summed E-state index contributed by atoms with van der Waals surface area (Å²) in [5.41, 5.74) is 1.10. The minimum absolute atomic E-state index is 0. The van der Waals surface area contributed by atoms with Gasteiger partial charge in [0.1, 0.15) is 6.54 Å². The fourth-order valence-corrected chi connectivity index (χ4v) is 2.50. The van der Waals surface area contributed by atoms with Gasteiger partial charge in [-0.2, -0.15) is 0 Å². The molecule has 0 aliphatic rings. The van der Waals surface area contributed by atoms with Crippen LogP contribution in [0.4, 0.5) is 0 Å². The van der Waals surface area contributed by atoms with Crippen molar-refractivity contribution in [3.63, 3.8) is 0 Å². The zero-order chi connectivity index (χ0) is 16.6. The lowest BCUT2D eigenvalue weighted by Gasteiger charge is -2.30. The van der Waals surface area contributed by atoms with Crippen LogP contribution in [0, 0.1) is 0 Å². The molecule has 0 radical (unpaired) electrons. The Labute approximate surface area is 149 Å². The Morgan fingerprint density at radius 1 is 1.17 bits per heavy atom. The van der Waals surface area contributed by atoms with Crippen molar-refractivity contribution in [2.45, 2.75) is 26.3 Å². The topological polar surface area (TPSA) is 44.8 Å². The maximum Gasteiger partial charge on any atom is 0.305 e. The van der Waals surface area contributed by atoms with Gasteiger partial charge in [-0.15, -0.1) is 0 Å². The Balaban J connectivity index is 0.00000484. The zero-order valence-corrected chi connectivity index (χ0v) is 16.3. The smallest absolute Gasteiger partial charge is 0.305 e. The molecule has 0 N–H and O–H groups in total. The summed E-state index contributed by atoms with van der Waals surface area (Å²) in [5.74, 6) is 1.40. The SMILES string of the molecule is CCOC(=O)CCC[N+](C)(C)Cc1cccc(OC)c1OC.[Br-]. The van der Waals surface area contributed by atoms with Gasteiger partial charge in [-0.3, -0.25) is 4.79 Å². The van der Waals surface area contributed by atoms with E-state index >= 15 is 0 Å². The van der Waals surface area contributed by atoms with E-state index < -0.39 is 0 Å². The molecule has 5 nitrogen and oxygen atoms in total. The number of nitrogens with zero attached hydrogens (tertiary/aromatic N) is 1. The first-order valence-corrected chi connectivity index (χ1v) is 7.61. The van der Waals surface area contributed by atoms with Crippen LogP contribution in [0.1, 0.15) is 25.3 Å². The minimum Gasteiger partial charge on any atom is -1.00 e. The molecule has 6 heteroatoms. The summed E-state index contributed by atoms with van der Waals surface area (Å²) >= 11 is 0. The highest BCUT2D eigenvalue weighted by molar-refractivity contribution is 5.69. The molecule has 132 valence electrons. The molecule has 0 amide bonds. The molecule has 0 heterocycles. The minimum atomic E-state index is -0.124. The molecule has 1 aromatic carbocycles. The predicted octanol–water partition coefficient (Wildman–Crippen LogP) is -0.372. The van der Waals surface area contributed by atoms with Gasteiger partial charge in [0.2, 0.25) is 0 Å². The van der Waals surface area contributed by atoms with Gasteiger partial charge in [0.05, 0.1) is 53.5 Å².